The van der Waals surface area contributed by atoms with Crippen molar-refractivity contribution < 1.29 is 5.11 Å². The zero-order valence-electron chi connectivity index (χ0n) is 8.35. The van der Waals surface area contributed by atoms with Gasteiger partial charge in [0.25, 0.3) is 0 Å². The minimum absolute atomic E-state index is 0.556. The predicted molar refractivity (Wildman–Crippen MR) is 52.6 cm³/mol. The SMILES string of the molecule is Cn1ncnc1CC1(O)C=CCCC1. The molecule has 1 aromatic rings. The Labute approximate surface area is 83.3 Å². The molecule has 4 heteroatoms. The van der Waals surface area contributed by atoms with E-state index in [9.17, 15) is 5.11 Å². The van der Waals surface area contributed by atoms with Crippen LogP contribution in [0.25, 0.3) is 0 Å². The van der Waals surface area contributed by atoms with Crippen LogP contribution in [-0.2, 0) is 13.5 Å². The van der Waals surface area contributed by atoms with Gasteiger partial charge in [-0.05, 0) is 19.3 Å². The second-order valence-corrected chi connectivity index (χ2v) is 3.87. The van der Waals surface area contributed by atoms with E-state index in [1.165, 1.54) is 6.33 Å². The van der Waals surface area contributed by atoms with Gasteiger partial charge in [-0.25, -0.2) is 4.98 Å². The summed E-state index contributed by atoms with van der Waals surface area (Å²) in [5.74, 6) is 0.832. The molecule has 0 aliphatic heterocycles. The smallest absolute Gasteiger partial charge is 0.138 e. The summed E-state index contributed by atoms with van der Waals surface area (Å²) < 4.78 is 1.71. The van der Waals surface area contributed by atoms with E-state index in [0.717, 1.165) is 25.1 Å². The minimum atomic E-state index is -0.709. The van der Waals surface area contributed by atoms with Crippen LogP contribution in [0.3, 0.4) is 0 Å². The number of allylic oxidation sites excluding steroid dienone is 1. The van der Waals surface area contributed by atoms with Gasteiger partial charge in [0.05, 0.1) is 5.60 Å². The molecule has 2 rings (SSSR count). The Morgan fingerprint density at radius 1 is 1.64 bits per heavy atom. The molecule has 1 heterocycles. The molecule has 0 aromatic carbocycles. The molecule has 0 amide bonds. The predicted octanol–water partition coefficient (Wildman–Crippen LogP) is 0.829. The molecule has 1 aliphatic carbocycles. The third-order valence-electron chi connectivity index (χ3n) is 2.68. The van der Waals surface area contributed by atoms with E-state index >= 15 is 0 Å². The number of aromatic nitrogens is 3. The maximum atomic E-state index is 10.2. The molecular weight excluding hydrogens is 178 g/mol. The van der Waals surface area contributed by atoms with Gasteiger partial charge in [-0.1, -0.05) is 12.2 Å². The highest BCUT2D eigenvalue weighted by atomic mass is 16.3. The van der Waals surface area contributed by atoms with Gasteiger partial charge < -0.3 is 5.11 Å². The lowest BCUT2D eigenvalue weighted by atomic mass is 9.88. The maximum absolute atomic E-state index is 10.2. The van der Waals surface area contributed by atoms with E-state index in [4.69, 9.17) is 0 Å². The number of rotatable bonds is 2. The summed E-state index contributed by atoms with van der Waals surface area (Å²) in [6.45, 7) is 0. The molecule has 1 N–H and O–H groups in total. The van der Waals surface area contributed by atoms with Gasteiger partial charge in [0.15, 0.2) is 0 Å². The van der Waals surface area contributed by atoms with Gasteiger partial charge >= 0.3 is 0 Å². The first-order valence-electron chi connectivity index (χ1n) is 4.93. The summed E-state index contributed by atoms with van der Waals surface area (Å²) in [7, 11) is 1.85. The molecule has 1 aliphatic rings. The Balaban J connectivity index is 2.13. The van der Waals surface area contributed by atoms with Crippen molar-refractivity contribution in [3.05, 3.63) is 24.3 Å². The molecule has 0 radical (unpaired) electrons. The normalized spacial score (nSPS) is 26.7. The molecule has 14 heavy (non-hydrogen) atoms. The third-order valence-corrected chi connectivity index (χ3v) is 2.68. The number of hydrogen-bond acceptors (Lipinski definition) is 3. The Hall–Kier alpha value is -1.16. The average molecular weight is 193 g/mol. The molecule has 0 fully saturated rings. The number of nitrogens with zero attached hydrogens (tertiary/aromatic N) is 3. The average Bonchev–Trinajstić information content (AvgIpc) is 2.52. The van der Waals surface area contributed by atoms with Crippen LogP contribution < -0.4 is 0 Å². The maximum Gasteiger partial charge on any atom is 0.138 e. The highest BCUT2D eigenvalue weighted by Crippen LogP contribution is 2.24. The van der Waals surface area contributed by atoms with Crippen LogP contribution in [0.15, 0.2) is 18.5 Å². The molecule has 0 saturated carbocycles. The van der Waals surface area contributed by atoms with Crippen molar-refractivity contribution in [1.29, 1.82) is 0 Å². The first-order chi connectivity index (χ1) is 6.70. The second-order valence-electron chi connectivity index (χ2n) is 3.87. The Kier molecular flexibility index (Phi) is 2.37. The van der Waals surface area contributed by atoms with E-state index in [2.05, 4.69) is 10.1 Å². The van der Waals surface area contributed by atoms with Crippen molar-refractivity contribution in [3.8, 4) is 0 Å². The lowest BCUT2D eigenvalue weighted by molar-refractivity contribution is 0.0721. The highest BCUT2D eigenvalue weighted by molar-refractivity contribution is 5.09. The van der Waals surface area contributed by atoms with Gasteiger partial charge in [0.2, 0.25) is 0 Å². The topological polar surface area (TPSA) is 50.9 Å². The van der Waals surface area contributed by atoms with Crippen LogP contribution in [0.1, 0.15) is 25.1 Å². The van der Waals surface area contributed by atoms with Crippen LogP contribution in [0.4, 0.5) is 0 Å². The molecule has 0 bridgehead atoms. The van der Waals surface area contributed by atoms with Crippen LogP contribution in [0.2, 0.25) is 0 Å². The first kappa shape index (κ1) is 9.40. The van der Waals surface area contributed by atoms with E-state index in [1.807, 2.05) is 19.2 Å². The molecule has 0 spiro atoms. The molecule has 1 aromatic heterocycles. The lowest BCUT2D eigenvalue weighted by Gasteiger charge is -2.26. The van der Waals surface area contributed by atoms with Crippen molar-refractivity contribution in [2.75, 3.05) is 0 Å². The fourth-order valence-electron chi connectivity index (χ4n) is 1.81. The van der Waals surface area contributed by atoms with Crippen molar-refractivity contribution in [2.24, 2.45) is 7.05 Å². The van der Waals surface area contributed by atoms with Crippen molar-refractivity contribution >= 4 is 0 Å². The van der Waals surface area contributed by atoms with Gasteiger partial charge in [-0.3, -0.25) is 4.68 Å². The van der Waals surface area contributed by atoms with Gasteiger partial charge in [0.1, 0.15) is 12.2 Å². The summed E-state index contributed by atoms with van der Waals surface area (Å²) >= 11 is 0. The zero-order chi connectivity index (χ0) is 10.0. The molecule has 1 unspecified atom stereocenters. The second kappa shape index (κ2) is 3.53. The van der Waals surface area contributed by atoms with Crippen molar-refractivity contribution in [1.82, 2.24) is 14.8 Å². The number of hydrogen-bond donors (Lipinski definition) is 1. The fraction of sp³-hybridized carbons (Fsp3) is 0.600. The molecular formula is C10H15N3O. The van der Waals surface area contributed by atoms with E-state index in [0.29, 0.717) is 6.42 Å². The largest absolute Gasteiger partial charge is 0.385 e. The molecule has 76 valence electrons. The molecule has 4 nitrogen and oxygen atoms in total. The minimum Gasteiger partial charge on any atom is -0.385 e. The van der Waals surface area contributed by atoms with Crippen molar-refractivity contribution in [2.45, 2.75) is 31.3 Å². The third kappa shape index (κ3) is 1.85. The summed E-state index contributed by atoms with van der Waals surface area (Å²) in [5.41, 5.74) is -0.709. The van der Waals surface area contributed by atoms with E-state index in [1.54, 1.807) is 4.68 Å². The summed E-state index contributed by atoms with van der Waals surface area (Å²) in [5, 5.41) is 14.2. The van der Waals surface area contributed by atoms with Crippen molar-refractivity contribution in [3.63, 3.8) is 0 Å². The highest BCUT2D eigenvalue weighted by Gasteiger charge is 2.27. The Bertz CT molecular complexity index is 345. The van der Waals surface area contributed by atoms with Crippen LogP contribution in [0.5, 0.6) is 0 Å². The van der Waals surface area contributed by atoms with E-state index < -0.39 is 5.60 Å². The fourth-order valence-corrected chi connectivity index (χ4v) is 1.81. The quantitative estimate of drug-likeness (QED) is 0.708. The zero-order valence-corrected chi connectivity index (χ0v) is 8.35. The summed E-state index contributed by atoms with van der Waals surface area (Å²) in [4.78, 5) is 4.11. The Morgan fingerprint density at radius 2 is 2.50 bits per heavy atom. The van der Waals surface area contributed by atoms with Crippen LogP contribution in [0, 0.1) is 0 Å². The molecule has 0 saturated heterocycles. The van der Waals surface area contributed by atoms with Gasteiger partial charge in [-0.2, -0.15) is 5.10 Å². The summed E-state index contributed by atoms with van der Waals surface area (Å²) in [6.07, 6.45) is 8.94. The van der Waals surface area contributed by atoms with Gasteiger partial charge in [-0.15, -0.1) is 0 Å². The van der Waals surface area contributed by atoms with Gasteiger partial charge in [0, 0.05) is 13.5 Å². The monoisotopic (exact) mass is 193 g/mol. The number of aliphatic hydroxyl groups is 1. The summed E-state index contributed by atoms with van der Waals surface area (Å²) in [6, 6.07) is 0. The standard InChI is InChI=1S/C10H15N3O/c1-13-9(11-8-12-13)7-10(14)5-3-2-4-6-10/h3,5,8,14H,2,4,6-7H2,1H3. The van der Waals surface area contributed by atoms with E-state index in [-0.39, 0.29) is 0 Å². The van der Waals surface area contributed by atoms with Crippen LogP contribution in [-0.4, -0.2) is 25.5 Å². The van der Waals surface area contributed by atoms with Crippen LogP contribution >= 0.6 is 0 Å². The lowest BCUT2D eigenvalue weighted by Crippen LogP contribution is -2.31. The molecule has 1 atom stereocenters. The Morgan fingerprint density at radius 3 is 3.07 bits per heavy atom. The number of aryl methyl sites for hydroxylation is 1. The first-order valence-corrected chi connectivity index (χ1v) is 4.93.